The highest BCUT2D eigenvalue weighted by Gasteiger charge is 2.20. The molecule has 0 aliphatic carbocycles. The van der Waals surface area contributed by atoms with Crippen molar-refractivity contribution in [3.05, 3.63) is 49.6 Å². The molecule has 1 aromatic heterocycles. The lowest BCUT2D eigenvalue weighted by atomic mass is 10.1. The topological polar surface area (TPSA) is 32.3 Å². The van der Waals surface area contributed by atoms with E-state index in [0.29, 0.717) is 22.3 Å². The zero-order valence-electron chi connectivity index (χ0n) is 12.2. The van der Waals surface area contributed by atoms with Gasteiger partial charge < -0.3 is 5.32 Å². The van der Waals surface area contributed by atoms with E-state index in [1.54, 1.807) is 17.4 Å². The van der Waals surface area contributed by atoms with E-state index in [4.69, 9.17) is 23.2 Å². The number of hydrogen-bond donors (Lipinski definition) is 1. The summed E-state index contributed by atoms with van der Waals surface area (Å²) < 4.78 is 0. The summed E-state index contributed by atoms with van der Waals surface area (Å²) in [6.45, 7) is 3.95. The molecule has 1 N–H and O–H groups in total. The van der Waals surface area contributed by atoms with E-state index >= 15 is 0 Å². The van der Waals surface area contributed by atoms with Crippen molar-refractivity contribution in [2.45, 2.75) is 19.9 Å². The van der Waals surface area contributed by atoms with E-state index in [1.807, 2.05) is 13.0 Å². The maximum Gasteiger partial charge on any atom is 0.238 e. The first-order valence-electron chi connectivity index (χ1n) is 7.06. The van der Waals surface area contributed by atoms with E-state index in [2.05, 4.69) is 21.7 Å². The Kier molecular flexibility index (Phi) is 4.73. The molecule has 116 valence electrons. The highest BCUT2D eigenvalue weighted by Crippen LogP contribution is 2.33. The van der Waals surface area contributed by atoms with Crippen LogP contribution in [0, 0.1) is 6.92 Å². The van der Waals surface area contributed by atoms with Gasteiger partial charge in [-0.1, -0.05) is 29.3 Å². The third-order valence-electron chi connectivity index (χ3n) is 3.80. The number of halogens is 2. The molecule has 1 amide bonds. The van der Waals surface area contributed by atoms with E-state index in [-0.39, 0.29) is 5.91 Å². The predicted octanol–water partition coefficient (Wildman–Crippen LogP) is 4.36. The van der Waals surface area contributed by atoms with Gasteiger partial charge in [-0.15, -0.1) is 11.3 Å². The van der Waals surface area contributed by atoms with Crippen LogP contribution >= 0.6 is 34.5 Å². The number of rotatable bonds is 3. The molecule has 1 aromatic carbocycles. The zero-order valence-corrected chi connectivity index (χ0v) is 14.5. The van der Waals surface area contributed by atoms with Crippen molar-refractivity contribution >= 4 is 46.1 Å². The molecular weight excluding hydrogens is 339 g/mol. The molecule has 2 aromatic rings. The summed E-state index contributed by atoms with van der Waals surface area (Å²) in [4.78, 5) is 15.9. The quantitative estimate of drug-likeness (QED) is 0.887. The van der Waals surface area contributed by atoms with Crippen LogP contribution in [-0.2, 0) is 17.8 Å². The van der Waals surface area contributed by atoms with Gasteiger partial charge in [0.25, 0.3) is 0 Å². The first kappa shape index (κ1) is 15.8. The summed E-state index contributed by atoms with van der Waals surface area (Å²) >= 11 is 14.1. The standard InChI is InChI=1S/C16H16Cl2N2OS/c1-10-2-3-12(17)16(15(10)18)19-14(21)9-20-6-4-13-11(8-20)5-7-22-13/h2-3,5,7H,4,6,8-9H2,1H3,(H,19,21). The van der Waals surface area contributed by atoms with Crippen LogP contribution in [0.3, 0.4) is 0 Å². The molecule has 22 heavy (non-hydrogen) atoms. The third-order valence-corrected chi connectivity index (χ3v) is 5.63. The number of carbonyl (C=O) groups is 1. The molecule has 0 saturated heterocycles. The summed E-state index contributed by atoms with van der Waals surface area (Å²) in [6, 6.07) is 5.72. The van der Waals surface area contributed by atoms with Crippen molar-refractivity contribution in [2.24, 2.45) is 0 Å². The number of benzene rings is 1. The summed E-state index contributed by atoms with van der Waals surface area (Å²) in [7, 11) is 0. The Morgan fingerprint density at radius 3 is 3.00 bits per heavy atom. The van der Waals surface area contributed by atoms with Crippen molar-refractivity contribution in [3.63, 3.8) is 0 Å². The van der Waals surface area contributed by atoms with Crippen molar-refractivity contribution in [1.29, 1.82) is 0 Å². The average molecular weight is 355 g/mol. The molecule has 0 fully saturated rings. The van der Waals surface area contributed by atoms with Crippen molar-refractivity contribution in [2.75, 3.05) is 18.4 Å². The molecule has 2 heterocycles. The normalized spacial score (nSPS) is 14.7. The van der Waals surface area contributed by atoms with Gasteiger partial charge in [-0.25, -0.2) is 0 Å². The number of nitrogens with zero attached hydrogens (tertiary/aromatic N) is 1. The minimum atomic E-state index is -0.0897. The summed E-state index contributed by atoms with van der Waals surface area (Å²) in [6.07, 6.45) is 1.01. The molecule has 0 spiro atoms. The molecular formula is C16H16Cl2N2OS. The Hall–Kier alpha value is -1.07. The number of nitrogens with one attached hydrogen (secondary N) is 1. The number of hydrogen-bond acceptors (Lipinski definition) is 3. The predicted molar refractivity (Wildman–Crippen MR) is 93.1 cm³/mol. The fourth-order valence-corrected chi connectivity index (χ4v) is 3.95. The molecule has 3 rings (SSSR count). The first-order chi connectivity index (χ1) is 10.5. The zero-order chi connectivity index (χ0) is 15.7. The molecule has 0 unspecified atom stereocenters. The smallest absolute Gasteiger partial charge is 0.238 e. The molecule has 3 nitrogen and oxygen atoms in total. The summed E-state index contributed by atoms with van der Waals surface area (Å²) in [5.74, 6) is -0.0897. The van der Waals surface area contributed by atoms with Gasteiger partial charge in [0.2, 0.25) is 5.91 Å². The first-order valence-corrected chi connectivity index (χ1v) is 8.70. The highest BCUT2D eigenvalue weighted by molar-refractivity contribution is 7.10. The molecule has 6 heteroatoms. The van der Waals surface area contributed by atoms with Gasteiger partial charge in [0, 0.05) is 18.0 Å². The molecule has 0 atom stereocenters. The second-order valence-corrected chi connectivity index (χ2v) is 7.22. The van der Waals surface area contributed by atoms with Gasteiger partial charge in [0.1, 0.15) is 0 Å². The monoisotopic (exact) mass is 354 g/mol. The number of anilines is 1. The molecule has 1 aliphatic rings. The van der Waals surface area contributed by atoms with Crippen LogP contribution in [0.2, 0.25) is 10.0 Å². The minimum Gasteiger partial charge on any atom is -0.322 e. The fraction of sp³-hybridized carbons (Fsp3) is 0.312. The Morgan fingerprint density at radius 2 is 2.18 bits per heavy atom. The van der Waals surface area contributed by atoms with E-state index in [9.17, 15) is 4.79 Å². The van der Waals surface area contributed by atoms with Crippen LogP contribution in [0.5, 0.6) is 0 Å². The molecule has 0 bridgehead atoms. The number of amides is 1. The van der Waals surface area contributed by atoms with Gasteiger partial charge in [-0.05, 0) is 42.0 Å². The Morgan fingerprint density at radius 1 is 1.36 bits per heavy atom. The fourth-order valence-electron chi connectivity index (χ4n) is 2.60. The van der Waals surface area contributed by atoms with Crippen LogP contribution in [0.4, 0.5) is 5.69 Å². The number of fused-ring (bicyclic) bond motifs is 1. The lowest BCUT2D eigenvalue weighted by Crippen LogP contribution is -2.36. The van der Waals surface area contributed by atoms with Gasteiger partial charge >= 0.3 is 0 Å². The second kappa shape index (κ2) is 6.59. The second-order valence-electron chi connectivity index (χ2n) is 5.43. The number of carbonyl (C=O) groups excluding carboxylic acids is 1. The van der Waals surface area contributed by atoms with Crippen LogP contribution < -0.4 is 5.32 Å². The minimum absolute atomic E-state index is 0.0897. The van der Waals surface area contributed by atoms with Gasteiger partial charge in [0.15, 0.2) is 0 Å². The maximum atomic E-state index is 12.3. The van der Waals surface area contributed by atoms with Gasteiger partial charge in [0.05, 0.1) is 22.3 Å². The lowest BCUT2D eigenvalue weighted by molar-refractivity contribution is -0.117. The van der Waals surface area contributed by atoms with Gasteiger partial charge in [-0.3, -0.25) is 9.69 Å². The summed E-state index contributed by atoms with van der Waals surface area (Å²) in [5, 5.41) is 5.91. The van der Waals surface area contributed by atoms with Crippen molar-refractivity contribution in [3.8, 4) is 0 Å². The van der Waals surface area contributed by atoms with Crippen LogP contribution in [0.15, 0.2) is 23.6 Å². The van der Waals surface area contributed by atoms with Crippen LogP contribution in [0.1, 0.15) is 16.0 Å². The Labute approximate surface area is 143 Å². The summed E-state index contributed by atoms with van der Waals surface area (Å²) in [5.41, 5.74) is 2.72. The molecule has 0 radical (unpaired) electrons. The number of aryl methyl sites for hydroxylation is 1. The lowest BCUT2D eigenvalue weighted by Gasteiger charge is -2.26. The Balaban J connectivity index is 1.66. The third kappa shape index (κ3) is 3.30. The van der Waals surface area contributed by atoms with Crippen LogP contribution in [-0.4, -0.2) is 23.9 Å². The van der Waals surface area contributed by atoms with Crippen LogP contribution in [0.25, 0.3) is 0 Å². The van der Waals surface area contributed by atoms with Gasteiger partial charge in [-0.2, -0.15) is 0 Å². The largest absolute Gasteiger partial charge is 0.322 e. The van der Waals surface area contributed by atoms with E-state index in [0.717, 1.165) is 25.1 Å². The Bertz CT molecular complexity index is 714. The van der Waals surface area contributed by atoms with E-state index in [1.165, 1.54) is 10.4 Å². The molecule has 1 aliphatic heterocycles. The van der Waals surface area contributed by atoms with Crippen molar-refractivity contribution < 1.29 is 4.79 Å². The van der Waals surface area contributed by atoms with Crippen molar-refractivity contribution in [1.82, 2.24) is 4.90 Å². The van der Waals surface area contributed by atoms with E-state index < -0.39 is 0 Å². The number of thiophene rings is 1. The highest BCUT2D eigenvalue weighted by atomic mass is 35.5. The molecule has 0 saturated carbocycles. The SMILES string of the molecule is Cc1ccc(Cl)c(NC(=O)CN2CCc3sccc3C2)c1Cl. The maximum absolute atomic E-state index is 12.3. The average Bonchev–Trinajstić information content (AvgIpc) is 2.95.